The Hall–Kier alpha value is -0.0800. The first-order valence-corrected chi connectivity index (χ1v) is 5.22. The Morgan fingerprint density at radius 2 is 2.17 bits per heavy atom. The predicted octanol–water partition coefficient (Wildman–Crippen LogP) is 1.46. The van der Waals surface area contributed by atoms with Gasteiger partial charge in [-0.1, -0.05) is 13.3 Å². The number of hydrogen-bond donors (Lipinski definition) is 1. The van der Waals surface area contributed by atoms with E-state index in [0.29, 0.717) is 6.04 Å². The van der Waals surface area contributed by atoms with Gasteiger partial charge in [-0.15, -0.1) is 0 Å². The van der Waals surface area contributed by atoms with E-state index in [1.54, 1.807) is 0 Å². The molecule has 1 rings (SSSR count). The smallest absolute Gasteiger partial charge is 0.00791 e. The first kappa shape index (κ1) is 10.0. The van der Waals surface area contributed by atoms with Crippen molar-refractivity contribution < 1.29 is 0 Å². The molecule has 0 bridgehead atoms. The minimum atomic E-state index is 0.711. The van der Waals surface area contributed by atoms with Crippen LogP contribution in [0.15, 0.2) is 0 Å². The molecule has 0 amide bonds. The Kier molecular flexibility index (Phi) is 4.02. The lowest BCUT2D eigenvalue weighted by molar-refractivity contribution is 0.0524. The van der Waals surface area contributed by atoms with Crippen LogP contribution in [-0.2, 0) is 0 Å². The summed E-state index contributed by atoms with van der Waals surface area (Å²) in [4.78, 5) is 2.55. The van der Waals surface area contributed by atoms with Crippen LogP contribution in [-0.4, -0.2) is 30.6 Å². The molecule has 0 spiro atoms. The number of nitrogens with zero attached hydrogens (tertiary/aromatic N) is 1. The molecule has 1 fully saturated rings. The summed E-state index contributed by atoms with van der Waals surface area (Å²) in [6.07, 6.45) is 3.90. The van der Waals surface area contributed by atoms with Gasteiger partial charge >= 0.3 is 0 Å². The van der Waals surface area contributed by atoms with Crippen LogP contribution in [0.25, 0.3) is 0 Å². The monoisotopic (exact) mass is 170 g/mol. The molecule has 2 nitrogen and oxygen atoms in total. The second kappa shape index (κ2) is 4.83. The maximum atomic E-state index is 5.51. The molecule has 0 aromatic carbocycles. The topological polar surface area (TPSA) is 29.3 Å². The summed E-state index contributed by atoms with van der Waals surface area (Å²) in [5.74, 6) is 0.982. The maximum Gasteiger partial charge on any atom is 0.00791 e. The third-order valence-corrected chi connectivity index (χ3v) is 2.89. The Bertz CT molecular complexity index is 119. The zero-order valence-electron chi connectivity index (χ0n) is 8.42. The number of likely N-dealkylation sites (tertiary alicyclic amines) is 1. The molecule has 72 valence electrons. The second-order valence-corrected chi connectivity index (χ2v) is 4.03. The Morgan fingerprint density at radius 3 is 2.67 bits per heavy atom. The van der Waals surface area contributed by atoms with Gasteiger partial charge in [0.15, 0.2) is 0 Å². The average molecular weight is 170 g/mol. The van der Waals surface area contributed by atoms with Crippen LogP contribution in [0.2, 0.25) is 0 Å². The van der Waals surface area contributed by atoms with Gasteiger partial charge in [0.2, 0.25) is 0 Å². The molecule has 0 saturated carbocycles. The van der Waals surface area contributed by atoms with Crippen LogP contribution < -0.4 is 5.73 Å². The van der Waals surface area contributed by atoms with Gasteiger partial charge in [0.1, 0.15) is 0 Å². The molecule has 1 aliphatic heterocycles. The van der Waals surface area contributed by atoms with Crippen molar-refractivity contribution in [1.82, 2.24) is 4.90 Å². The molecule has 1 heterocycles. The maximum absolute atomic E-state index is 5.51. The molecule has 0 aromatic heterocycles. The summed E-state index contributed by atoms with van der Waals surface area (Å²) in [6, 6.07) is 0.711. The van der Waals surface area contributed by atoms with Crippen LogP contribution in [0, 0.1) is 5.92 Å². The molecule has 12 heavy (non-hydrogen) atoms. The summed E-state index contributed by atoms with van der Waals surface area (Å²) < 4.78 is 0. The number of rotatable bonds is 5. The Morgan fingerprint density at radius 1 is 1.50 bits per heavy atom. The van der Waals surface area contributed by atoms with E-state index in [-0.39, 0.29) is 0 Å². The minimum Gasteiger partial charge on any atom is -0.330 e. The van der Waals surface area contributed by atoms with E-state index in [4.69, 9.17) is 5.73 Å². The largest absolute Gasteiger partial charge is 0.330 e. The van der Waals surface area contributed by atoms with E-state index in [9.17, 15) is 0 Å². The summed E-state index contributed by atoms with van der Waals surface area (Å²) in [7, 11) is 0. The lowest BCUT2D eigenvalue weighted by Crippen LogP contribution is -2.51. The molecule has 1 unspecified atom stereocenters. The van der Waals surface area contributed by atoms with E-state index in [2.05, 4.69) is 18.7 Å². The van der Waals surface area contributed by atoms with E-state index >= 15 is 0 Å². The summed E-state index contributed by atoms with van der Waals surface area (Å²) in [5.41, 5.74) is 5.51. The molecular formula is C10H22N2. The molecule has 2 heteroatoms. The summed E-state index contributed by atoms with van der Waals surface area (Å²) >= 11 is 0. The molecular weight excluding hydrogens is 148 g/mol. The third kappa shape index (κ3) is 2.46. The van der Waals surface area contributed by atoms with Crippen molar-refractivity contribution in [3.63, 3.8) is 0 Å². The van der Waals surface area contributed by atoms with Gasteiger partial charge in [0, 0.05) is 19.1 Å². The molecule has 0 aliphatic carbocycles. The SMILES string of the molecule is CCCC1CN(C(C)CCN)C1. The fourth-order valence-electron chi connectivity index (χ4n) is 1.98. The lowest BCUT2D eigenvalue weighted by atomic mass is 9.93. The minimum absolute atomic E-state index is 0.711. The third-order valence-electron chi connectivity index (χ3n) is 2.89. The standard InChI is InChI=1S/C10H22N2/c1-3-4-10-7-12(8-10)9(2)5-6-11/h9-10H,3-8,11H2,1-2H3. The van der Waals surface area contributed by atoms with Gasteiger partial charge < -0.3 is 5.73 Å². The number of hydrogen-bond acceptors (Lipinski definition) is 2. The first-order chi connectivity index (χ1) is 5.77. The Balaban J connectivity index is 2.07. The molecule has 1 saturated heterocycles. The van der Waals surface area contributed by atoms with Crippen LogP contribution in [0.4, 0.5) is 0 Å². The van der Waals surface area contributed by atoms with E-state index in [1.807, 2.05) is 0 Å². The highest BCUT2D eigenvalue weighted by atomic mass is 15.2. The molecule has 0 aromatic rings. The first-order valence-electron chi connectivity index (χ1n) is 5.22. The van der Waals surface area contributed by atoms with E-state index in [0.717, 1.165) is 18.9 Å². The normalized spacial score (nSPS) is 22.2. The Labute approximate surface area is 76.1 Å². The van der Waals surface area contributed by atoms with E-state index < -0.39 is 0 Å². The van der Waals surface area contributed by atoms with Gasteiger partial charge in [0.25, 0.3) is 0 Å². The second-order valence-electron chi connectivity index (χ2n) is 4.03. The zero-order chi connectivity index (χ0) is 8.97. The predicted molar refractivity (Wildman–Crippen MR) is 53.1 cm³/mol. The van der Waals surface area contributed by atoms with Gasteiger partial charge in [0.05, 0.1) is 0 Å². The van der Waals surface area contributed by atoms with Crippen molar-refractivity contribution in [2.75, 3.05) is 19.6 Å². The highest BCUT2D eigenvalue weighted by Crippen LogP contribution is 2.23. The highest BCUT2D eigenvalue weighted by Gasteiger charge is 2.28. The van der Waals surface area contributed by atoms with Crippen molar-refractivity contribution in [3.05, 3.63) is 0 Å². The summed E-state index contributed by atoms with van der Waals surface area (Å²) in [6.45, 7) is 8.02. The summed E-state index contributed by atoms with van der Waals surface area (Å²) in [5, 5.41) is 0. The van der Waals surface area contributed by atoms with Crippen molar-refractivity contribution in [3.8, 4) is 0 Å². The van der Waals surface area contributed by atoms with Crippen molar-refractivity contribution in [2.45, 2.75) is 39.2 Å². The lowest BCUT2D eigenvalue weighted by Gasteiger charge is -2.43. The fraction of sp³-hybridized carbons (Fsp3) is 1.00. The van der Waals surface area contributed by atoms with Gasteiger partial charge in [-0.25, -0.2) is 0 Å². The van der Waals surface area contributed by atoms with Crippen molar-refractivity contribution in [2.24, 2.45) is 11.7 Å². The van der Waals surface area contributed by atoms with E-state index in [1.165, 1.54) is 25.9 Å². The average Bonchev–Trinajstić information content (AvgIpc) is 1.96. The highest BCUT2D eigenvalue weighted by molar-refractivity contribution is 4.83. The van der Waals surface area contributed by atoms with Crippen LogP contribution >= 0.6 is 0 Å². The van der Waals surface area contributed by atoms with Crippen LogP contribution in [0.5, 0.6) is 0 Å². The van der Waals surface area contributed by atoms with Crippen molar-refractivity contribution in [1.29, 1.82) is 0 Å². The van der Waals surface area contributed by atoms with Crippen LogP contribution in [0.1, 0.15) is 33.1 Å². The van der Waals surface area contributed by atoms with Crippen LogP contribution in [0.3, 0.4) is 0 Å². The molecule has 0 radical (unpaired) electrons. The number of nitrogens with two attached hydrogens (primary N) is 1. The van der Waals surface area contributed by atoms with Gasteiger partial charge in [-0.05, 0) is 32.2 Å². The molecule has 1 atom stereocenters. The van der Waals surface area contributed by atoms with Gasteiger partial charge in [-0.3, -0.25) is 4.90 Å². The molecule has 1 aliphatic rings. The van der Waals surface area contributed by atoms with Gasteiger partial charge in [-0.2, -0.15) is 0 Å². The quantitative estimate of drug-likeness (QED) is 0.677. The molecule has 2 N–H and O–H groups in total. The zero-order valence-corrected chi connectivity index (χ0v) is 8.42. The van der Waals surface area contributed by atoms with Crippen molar-refractivity contribution >= 4 is 0 Å². The fourth-order valence-corrected chi connectivity index (χ4v) is 1.98.